The smallest absolute Gasteiger partial charge is 0.291 e. The second-order valence-corrected chi connectivity index (χ2v) is 7.36. The van der Waals surface area contributed by atoms with Gasteiger partial charge in [0.1, 0.15) is 0 Å². The molecule has 3 rings (SSSR count). The van der Waals surface area contributed by atoms with Crippen LogP contribution in [-0.2, 0) is 0 Å². The first-order valence-corrected chi connectivity index (χ1v) is 8.69. The van der Waals surface area contributed by atoms with Crippen molar-refractivity contribution in [2.45, 2.75) is 0 Å². The SMILES string of the molecule is COc1cc(C=NNC(=O)c2cc(-c3ccc(Br)s3)[nH]n2)ccc1O. The summed E-state index contributed by atoms with van der Waals surface area (Å²) in [5.74, 6) is -0.0672. The molecule has 9 heteroatoms. The maximum atomic E-state index is 12.1. The van der Waals surface area contributed by atoms with Gasteiger partial charge in [0, 0.05) is 0 Å². The summed E-state index contributed by atoms with van der Waals surface area (Å²) in [6.45, 7) is 0. The first-order valence-electron chi connectivity index (χ1n) is 7.08. The highest BCUT2D eigenvalue weighted by Gasteiger charge is 2.12. The van der Waals surface area contributed by atoms with Gasteiger partial charge < -0.3 is 9.84 Å². The second kappa shape index (κ2) is 7.49. The molecule has 0 unspecified atom stereocenters. The van der Waals surface area contributed by atoms with Gasteiger partial charge in [-0.2, -0.15) is 10.2 Å². The van der Waals surface area contributed by atoms with Gasteiger partial charge in [-0.05, 0) is 57.9 Å². The van der Waals surface area contributed by atoms with Gasteiger partial charge in [0.05, 0.1) is 27.7 Å². The molecule has 0 fully saturated rings. The lowest BCUT2D eigenvalue weighted by molar-refractivity contribution is 0.0950. The number of nitrogens with zero attached hydrogens (tertiary/aromatic N) is 2. The summed E-state index contributed by atoms with van der Waals surface area (Å²) in [6, 6.07) is 10.3. The highest BCUT2D eigenvalue weighted by Crippen LogP contribution is 2.30. The Morgan fingerprint density at radius 3 is 2.96 bits per heavy atom. The number of benzene rings is 1. The van der Waals surface area contributed by atoms with Crippen molar-refractivity contribution in [3.05, 3.63) is 51.4 Å². The molecule has 3 aromatic rings. The Morgan fingerprint density at radius 2 is 2.24 bits per heavy atom. The molecule has 0 aliphatic heterocycles. The summed E-state index contributed by atoms with van der Waals surface area (Å²) in [7, 11) is 1.46. The van der Waals surface area contributed by atoms with Crippen molar-refractivity contribution in [1.29, 1.82) is 0 Å². The van der Waals surface area contributed by atoms with Crippen LogP contribution in [0.5, 0.6) is 11.5 Å². The van der Waals surface area contributed by atoms with Crippen molar-refractivity contribution >= 4 is 39.4 Å². The maximum absolute atomic E-state index is 12.1. The molecule has 0 saturated heterocycles. The molecule has 1 aromatic carbocycles. The molecule has 3 N–H and O–H groups in total. The number of carbonyl (C=O) groups excluding carboxylic acids is 1. The number of carbonyl (C=O) groups is 1. The van der Waals surface area contributed by atoms with Crippen LogP contribution in [0, 0.1) is 0 Å². The van der Waals surface area contributed by atoms with Crippen molar-refractivity contribution in [3.8, 4) is 22.1 Å². The Bertz CT molecular complexity index is 935. The molecule has 0 aliphatic rings. The van der Waals surface area contributed by atoms with Gasteiger partial charge in [-0.3, -0.25) is 9.89 Å². The third kappa shape index (κ3) is 4.06. The van der Waals surface area contributed by atoms with Gasteiger partial charge in [-0.25, -0.2) is 5.43 Å². The predicted octanol–water partition coefficient (Wildman–Crippen LogP) is 3.38. The Labute approximate surface area is 155 Å². The highest BCUT2D eigenvalue weighted by molar-refractivity contribution is 9.11. The van der Waals surface area contributed by atoms with E-state index < -0.39 is 5.91 Å². The Hall–Kier alpha value is -2.65. The van der Waals surface area contributed by atoms with Crippen LogP contribution < -0.4 is 10.2 Å². The molecule has 0 bridgehead atoms. The molecule has 0 radical (unpaired) electrons. The second-order valence-electron chi connectivity index (χ2n) is 4.90. The molecule has 0 spiro atoms. The van der Waals surface area contributed by atoms with Gasteiger partial charge in [0.15, 0.2) is 17.2 Å². The number of hydrogen-bond donors (Lipinski definition) is 3. The molecule has 128 valence electrons. The highest BCUT2D eigenvalue weighted by atomic mass is 79.9. The zero-order valence-corrected chi connectivity index (χ0v) is 15.4. The third-order valence-electron chi connectivity index (χ3n) is 3.23. The minimum Gasteiger partial charge on any atom is -0.504 e. The molecule has 7 nitrogen and oxygen atoms in total. The fraction of sp³-hybridized carbons (Fsp3) is 0.0625. The van der Waals surface area contributed by atoms with Crippen molar-refractivity contribution < 1.29 is 14.6 Å². The lowest BCUT2D eigenvalue weighted by Gasteiger charge is -2.03. The zero-order valence-electron chi connectivity index (χ0n) is 13.0. The number of phenolic OH excluding ortho intramolecular Hbond substituents is 1. The van der Waals surface area contributed by atoms with Crippen LogP contribution in [0.15, 0.2) is 45.3 Å². The van der Waals surface area contributed by atoms with Crippen molar-refractivity contribution in [2.24, 2.45) is 5.10 Å². The number of hydrazone groups is 1. The number of aromatic nitrogens is 2. The molecular formula is C16H13BrN4O3S. The van der Waals surface area contributed by atoms with E-state index in [4.69, 9.17) is 4.74 Å². The molecule has 2 aromatic heterocycles. The number of hydrogen-bond acceptors (Lipinski definition) is 6. The fourth-order valence-corrected chi connectivity index (χ4v) is 3.37. The minimum absolute atomic E-state index is 0.0351. The molecule has 2 heterocycles. The average molecular weight is 421 g/mol. The van der Waals surface area contributed by atoms with E-state index in [1.807, 2.05) is 12.1 Å². The van der Waals surface area contributed by atoms with Crippen LogP contribution in [0.2, 0.25) is 0 Å². The largest absolute Gasteiger partial charge is 0.504 e. The number of phenols is 1. The maximum Gasteiger partial charge on any atom is 0.291 e. The number of nitrogens with one attached hydrogen (secondary N) is 2. The van der Waals surface area contributed by atoms with Gasteiger partial charge >= 0.3 is 0 Å². The number of halogens is 1. The summed E-state index contributed by atoms with van der Waals surface area (Å²) in [6.07, 6.45) is 1.45. The van der Waals surface area contributed by atoms with Crippen LogP contribution >= 0.6 is 27.3 Å². The standard InChI is InChI=1S/C16H13BrN4O3S/c1-24-13-6-9(2-3-12(13)22)8-18-21-16(23)11-7-10(19-20-11)14-4-5-15(17)25-14/h2-8,22H,1H3,(H,19,20)(H,21,23). The summed E-state index contributed by atoms with van der Waals surface area (Å²) < 4.78 is 6.01. The summed E-state index contributed by atoms with van der Waals surface area (Å²) in [5, 5.41) is 20.3. The quantitative estimate of drug-likeness (QED) is 0.435. The number of amides is 1. The number of aromatic hydroxyl groups is 1. The lowest BCUT2D eigenvalue weighted by atomic mass is 10.2. The Morgan fingerprint density at radius 1 is 1.40 bits per heavy atom. The van der Waals surface area contributed by atoms with Crippen LogP contribution in [0.3, 0.4) is 0 Å². The topological polar surface area (TPSA) is 99.6 Å². The molecule has 1 amide bonds. The van der Waals surface area contributed by atoms with E-state index in [0.29, 0.717) is 11.3 Å². The van der Waals surface area contributed by atoms with Crippen molar-refractivity contribution in [3.63, 3.8) is 0 Å². The number of aromatic amines is 1. The Balaban J connectivity index is 1.66. The minimum atomic E-state index is -0.430. The molecular weight excluding hydrogens is 408 g/mol. The van der Waals surface area contributed by atoms with E-state index in [-0.39, 0.29) is 11.4 Å². The molecule has 0 atom stereocenters. The van der Waals surface area contributed by atoms with Crippen LogP contribution in [0.1, 0.15) is 16.1 Å². The summed E-state index contributed by atoms with van der Waals surface area (Å²) in [4.78, 5) is 13.1. The van der Waals surface area contributed by atoms with E-state index in [1.54, 1.807) is 18.2 Å². The first kappa shape index (κ1) is 17.2. The predicted molar refractivity (Wildman–Crippen MR) is 99.3 cm³/mol. The number of rotatable bonds is 5. The number of methoxy groups -OCH3 is 1. The molecule has 0 saturated carbocycles. The van der Waals surface area contributed by atoms with E-state index in [9.17, 15) is 9.90 Å². The van der Waals surface area contributed by atoms with Crippen LogP contribution in [0.25, 0.3) is 10.6 Å². The number of ether oxygens (including phenoxy) is 1. The lowest BCUT2D eigenvalue weighted by Crippen LogP contribution is -2.18. The van der Waals surface area contributed by atoms with E-state index in [1.165, 1.54) is 30.7 Å². The molecule has 25 heavy (non-hydrogen) atoms. The normalized spacial score (nSPS) is 11.0. The van der Waals surface area contributed by atoms with Gasteiger partial charge in [0.2, 0.25) is 0 Å². The zero-order chi connectivity index (χ0) is 17.8. The van der Waals surface area contributed by atoms with Crippen LogP contribution in [-0.4, -0.2) is 34.5 Å². The first-order chi connectivity index (χ1) is 12.1. The van der Waals surface area contributed by atoms with Gasteiger partial charge in [-0.1, -0.05) is 0 Å². The van der Waals surface area contributed by atoms with E-state index in [0.717, 1.165) is 14.4 Å². The molecule has 0 aliphatic carbocycles. The summed E-state index contributed by atoms with van der Waals surface area (Å²) >= 11 is 4.93. The van der Waals surface area contributed by atoms with Crippen molar-refractivity contribution in [1.82, 2.24) is 15.6 Å². The third-order valence-corrected chi connectivity index (χ3v) is 4.89. The average Bonchev–Trinajstić information content (AvgIpc) is 3.25. The van der Waals surface area contributed by atoms with Gasteiger partial charge in [0.25, 0.3) is 5.91 Å². The van der Waals surface area contributed by atoms with Crippen molar-refractivity contribution in [2.75, 3.05) is 7.11 Å². The fourth-order valence-electron chi connectivity index (χ4n) is 2.02. The van der Waals surface area contributed by atoms with Crippen LogP contribution in [0.4, 0.5) is 0 Å². The van der Waals surface area contributed by atoms with E-state index >= 15 is 0 Å². The number of thiophene rings is 1. The monoisotopic (exact) mass is 420 g/mol. The summed E-state index contributed by atoms with van der Waals surface area (Å²) in [5.41, 5.74) is 4.07. The van der Waals surface area contributed by atoms with Gasteiger partial charge in [-0.15, -0.1) is 11.3 Å². The number of H-pyrrole nitrogens is 1. The van der Waals surface area contributed by atoms with E-state index in [2.05, 4.69) is 36.7 Å². The Kier molecular flexibility index (Phi) is 5.15.